The summed E-state index contributed by atoms with van der Waals surface area (Å²) in [6.45, 7) is 1.21. The minimum Gasteiger partial charge on any atom is -0.376 e. The maximum atomic E-state index is 11.6. The second kappa shape index (κ2) is 5.80. The molecule has 0 radical (unpaired) electrons. The lowest BCUT2D eigenvalue weighted by Gasteiger charge is -2.20. The van der Waals surface area contributed by atoms with Crippen molar-refractivity contribution in [3.05, 3.63) is 35.9 Å². The van der Waals surface area contributed by atoms with Crippen molar-refractivity contribution in [2.75, 3.05) is 6.61 Å². The lowest BCUT2D eigenvalue weighted by atomic mass is 9.89. The molecule has 0 unspecified atom stereocenters. The first kappa shape index (κ1) is 11.3. The molecule has 16 heavy (non-hydrogen) atoms. The smallest absolute Gasteiger partial charge is 0.138 e. The Balaban J connectivity index is 1.73. The van der Waals surface area contributed by atoms with E-state index in [2.05, 4.69) is 0 Å². The maximum absolute atomic E-state index is 11.6. The number of hydrogen-bond donors (Lipinski definition) is 0. The van der Waals surface area contributed by atoms with E-state index in [1.807, 2.05) is 30.3 Å². The highest BCUT2D eigenvalue weighted by Gasteiger charge is 2.21. The lowest BCUT2D eigenvalue weighted by molar-refractivity contribution is -0.126. The third-order valence-electron chi connectivity index (χ3n) is 3.11. The fraction of sp³-hybridized carbons (Fsp3) is 0.500. The predicted molar refractivity (Wildman–Crippen MR) is 63.1 cm³/mol. The SMILES string of the molecule is O=C1CCCC[C@H]1COCc1ccccc1. The van der Waals surface area contributed by atoms with Crippen LogP contribution in [0.4, 0.5) is 0 Å². The van der Waals surface area contributed by atoms with E-state index in [-0.39, 0.29) is 5.92 Å². The zero-order valence-corrected chi connectivity index (χ0v) is 9.52. The van der Waals surface area contributed by atoms with Gasteiger partial charge in [0.05, 0.1) is 13.2 Å². The number of carbonyl (C=O) groups excluding carboxylic acids is 1. The second-order valence-corrected chi connectivity index (χ2v) is 4.41. The van der Waals surface area contributed by atoms with Crippen molar-refractivity contribution in [2.24, 2.45) is 5.92 Å². The van der Waals surface area contributed by atoms with Gasteiger partial charge in [0.15, 0.2) is 0 Å². The summed E-state index contributed by atoms with van der Waals surface area (Å²) in [7, 11) is 0. The van der Waals surface area contributed by atoms with Crippen LogP contribution in [0.2, 0.25) is 0 Å². The van der Waals surface area contributed by atoms with Crippen LogP contribution in [-0.2, 0) is 16.1 Å². The van der Waals surface area contributed by atoms with Gasteiger partial charge in [0.2, 0.25) is 0 Å². The summed E-state index contributed by atoms with van der Waals surface area (Å²) in [6, 6.07) is 10.1. The number of carbonyl (C=O) groups is 1. The molecule has 0 heterocycles. The van der Waals surface area contributed by atoms with E-state index in [4.69, 9.17) is 4.74 Å². The van der Waals surface area contributed by atoms with Gasteiger partial charge >= 0.3 is 0 Å². The molecular formula is C14H18O2. The fourth-order valence-corrected chi connectivity index (χ4v) is 2.12. The van der Waals surface area contributed by atoms with Crippen LogP contribution in [0.25, 0.3) is 0 Å². The van der Waals surface area contributed by atoms with E-state index >= 15 is 0 Å². The van der Waals surface area contributed by atoms with Crippen molar-refractivity contribution in [1.29, 1.82) is 0 Å². The predicted octanol–water partition coefficient (Wildman–Crippen LogP) is 2.96. The number of rotatable bonds is 4. The molecule has 86 valence electrons. The quantitative estimate of drug-likeness (QED) is 0.776. The van der Waals surface area contributed by atoms with Gasteiger partial charge in [-0.15, -0.1) is 0 Å². The van der Waals surface area contributed by atoms with Crippen molar-refractivity contribution < 1.29 is 9.53 Å². The molecule has 2 heteroatoms. The molecule has 2 nitrogen and oxygen atoms in total. The Morgan fingerprint density at radius 2 is 2.00 bits per heavy atom. The molecule has 0 saturated heterocycles. The standard InChI is InChI=1S/C14H18O2/c15-14-9-5-4-8-13(14)11-16-10-12-6-2-1-3-7-12/h1-3,6-7,13H,4-5,8-11H2/t13-/m0/s1. The number of ether oxygens (including phenoxy) is 1. The normalized spacial score (nSPS) is 21.0. The molecule has 0 spiro atoms. The van der Waals surface area contributed by atoms with Crippen molar-refractivity contribution in [1.82, 2.24) is 0 Å². The molecule has 1 aliphatic rings. The van der Waals surface area contributed by atoms with Crippen molar-refractivity contribution in [3.8, 4) is 0 Å². The molecule has 1 saturated carbocycles. The third-order valence-corrected chi connectivity index (χ3v) is 3.11. The summed E-state index contributed by atoms with van der Waals surface area (Å²) >= 11 is 0. The van der Waals surface area contributed by atoms with E-state index in [1.54, 1.807) is 0 Å². The minimum atomic E-state index is 0.150. The highest BCUT2D eigenvalue weighted by atomic mass is 16.5. The summed E-state index contributed by atoms with van der Waals surface area (Å²) in [5.41, 5.74) is 1.17. The van der Waals surface area contributed by atoms with Gasteiger partial charge in [-0.1, -0.05) is 36.8 Å². The zero-order valence-electron chi connectivity index (χ0n) is 9.52. The van der Waals surface area contributed by atoms with Gasteiger partial charge in [0.1, 0.15) is 5.78 Å². The van der Waals surface area contributed by atoms with E-state index in [1.165, 1.54) is 12.0 Å². The highest BCUT2D eigenvalue weighted by molar-refractivity contribution is 5.81. The van der Waals surface area contributed by atoms with E-state index < -0.39 is 0 Å². The Morgan fingerprint density at radius 1 is 1.19 bits per heavy atom. The average Bonchev–Trinajstić information content (AvgIpc) is 2.33. The number of Topliss-reactive ketones (excluding diaryl/α,β-unsaturated/α-hetero) is 1. The van der Waals surface area contributed by atoms with Crippen LogP contribution in [-0.4, -0.2) is 12.4 Å². The lowest BCUT2D eigenvalue weighted by Crippen LogP contribution is -2.23. The van der Waals surface area contributed by atoms with Gasteiger partial charge < -0.3 is 4.74 Å². The summed E-state index contributed by atoms with van der Waals surface area (Å²) in [4.78, 5) is 11.6. The molecule has 0 amide bonds. The monoisotopic (exact) mass is 218 g/mol. The average molecular weight is 218 g/mol. The largest absolute Gasteiger partial charge is 0.376 e. The van der Waals surface area contributed by atoms with Gasteiger partial charge in [-0.3, -0.25) is 4.79 Å². The van der Waals surface area contributed by atoms with Crippen molar-refractivity contribution in [3.63, 3.8) is 0 Å². The third kappa shape index (κ3) is 3.17. The first-order chi connectivity index (χ1) is 7.86. The molecule has 0 aliphatic heterocycles. The van der Waals surface area contributed by atoms with Crippen LogP contribution in [0.5, 0.6) is 0 Å². The summed E-state index contributed by atoms with van der Waals surface area (Å²) in [5, 5.41) is 0. The Labute approximate surface area is 96.6 Å². The summed E-state index contributed by atoms with van der Waals surface area (Å²) in [5.74, 6) is 0.539. The Hall–Kier alpha value is -1.15. The van der Waals surface area contributed by atoms with Crippen LogP contribution in [0.3, 0.4) is 0 Å². The van der Waals surface area contributed by atoms with Crippen LogP contribution in [0.15, 0.2) is 30.3 Å². The Bertz CT molecular complexity index is 332. The topological polar surface area (TPSA) is 26.3 Å². The van der Waals surface area contributed by atoms with E-state index in [0.717, 1.165) is 19.3 Å². The number of benzene rings is 1. The Morgan fingerprint density at radius 3 is 2.75 bits per heavy atom. The van der Waals surface area contributed by atoms with Gasteiger partial charge in [-0.25, -0.2) is 0 Å². The van der Waals surface area contributed by atoms with Gasteiger partial charge in [0.25, 0.3) is 0 Å². The second-order valence-electron chi connectivity index (χ2n) is 4.41. The van der Waals surface area contributed by atoms with Crippen LogP contribution in [0, 0.1) is 5.92 Å². The minimum absolute atomic E-state index is 0.150. The zero-order chi connectivity index (χ0) is 11.2. The first-order valence-corrected chi connectivity index (χ1v) is 6.00. The molecule has 1 fully saturated rings. The molecule has 0 N–H and O–H groups in total. The summed E-state index contributed by atoms with van der Waals surface area (Å²) < 4.78 is 5.61. The molecule has 0 aromatic heterocycles. The molecule has 1 aliphatic carbocycles. The van der Waals surface area contributed by atoms with E-state index in [0.29, 0.717) is 19.0 Å². The van der Waals surface area contributed by atoms with Gasteiger partial charge in [0, 0.05) is 12.3 Å². The van der Waals surface area contributed by atoms with Crippen LogP contribution in [0.1, 0.15) is 31.2 Å². The first-order valence-electron chi connectivity index (χ1n) is 6.00. The maximum Gasteiger partial charge on any atom is 0.138 e. The van der Waals surface area contributed by atoms with Crippen LogP contribution < -0.4 is 0 Å². The van der Waals surface area contributed by atoms with Crippen molar-refractivity contribution >= 4 is 5.78 Å². The molecule has 2 rings (SSSR count). The highest BCUT2D eigenvalue weighted by Crippen LogP contribution is 2.21. The Kier molecular flexibility index (Phi) is 4.11. The number of ketones is 1. The number of hydrogen-bond acceptors (Lipinski definition) is 2. The van der Waals surface area contributed by atoms with Crippen LogP contribution >= 0.6 is 0 Å². The molecular weight excluding hydrogens is 200 g/mol. The van der Waals surface area contributed by atoms with Gasteiger partial charge in [-0.2, -0.15) is 0 Å². The van der Waals surface area contributed by atoms with E-state index in [9.17, 15) is 4.79 Å². The molecule has 1 aromatic rings. The molecule has 0 bridgehead atoms. The molecule has 1 atom stereocenters. The molecule has 1 aromatic carbocycles. The van der Waals surface area contributed by atoms with Gasteiger partial charge in [-0.05, 0) is 18.4 Å². The summed E-state index contributed by atoms with van der Waals surface area (Å²) in [6.07, 6.45) is 3.99. The fourth-order valence-electron chi connectivity index (χ4n) is 2.12. The van der Waals surface area contributed by atoms with Crippen molar-refractivity contribution in [2.45, 2.75) is 32.3 Å².